The van der Waals surface area contributed by atoms with Crippen LogP contribution in [-0.2, 0) is 19.5 Å². The van der Waals surface area contributed by atoms with Crippen molar-refractivity contribution in [3.63, 3.8) is 0 Å². The standard InChI is InChI=1S/C21H22N4/c1-16-5-4-8-20(24-16)22-13-17-9-10-21(23-14-17)25-12-11-18-6-2-3-7-19(18)15-25/h2-10,14H,11-13,15H2,1H3,(H,22,24). The molecule has 2 aromatic heterocycles. The van der Waals surface area contributed by atoms with Gasteiger partial charge in [-0.05, 0) is 48.2 Å². The predicted octanol–water partition coefficient (Wildman–Crippen LogP) is 3.96. The lowest BCUT2D eigenvalue weighted by Crippen LogP contribution is -2.30. The average molecular weight is 330 g/mol. The summed E-state index contributed by atoms with van der Waals surface area (Å²) in [6.07, 6.45) is 3.04. The Morgan fingerprint density at radius 2 is 1.88 bits per heavy atom. The van der Waals surface area contributed by atoms with E-state index in [2.05, 4.69) is 56.6 Å². The van der Waals surface area contributed by atoms with Gasteiger partial charge in [-0.1, -0.05) is 36.4 Å². The maximum absolute atomic E-state index is 4.67. The van der Waals surface area contributed by atoms with Gasteiger partial charge in [-0.15, -0.1) is 0 Å². The molecule has 0 amide bonds. The number of rotatable bonds is 4. The Kier molecular flexibility index (Phi) is 4.34. The summed E-state index contributed by atoms with van der Waals surface area (Å²) in [5.74, 6) is 1.95. The van der Waals surface area contributed by atoms with Crippen molar-refractivity contribution in [2.24, 2.45) is 0 Å². The molecule has 0 aliphatic carbocycles. The van der Waals surface area contributed by atoms with Crippen LogP contribution in [0, 0.1) is 6.92 Å². The van der Waals surface area contributed by atoms with Crippen LogP contribution in [0.5, 0.6) is 0 Å². The average Bonchev–Trinajstić information content (AvgIpc) is 2.66. The first-order valence-electron chi connectivity index (χ1n) is 8.72. The zero-order valence-electron chi connectivity index (χ0n) is 14.4. The molecule has 4 heteroatoms. The van der Waals surface area contributed by atoms with Crippen LogP contribution in [0.15, 0.2) is 60.8 Å². The van der Waals surface area contributed by atoms with Gasteiger partial charge in [0.2, 0.25) is 0 Å². The number of benzene rings is 1. The van der Waals surface area contributed by atoms with E-state index < -0.39 is 0 Å². The molecule has 3 aromatic rings. The molecule has 0 saturated heterocycles. The third-order valence-electron chi connectivity index (χ3n) is 4.63. The SMILES string of the molecule is Cc1cccc(NCc2ccc(N3CCc4ccccc4C3)nc2)n1. The van der Waals surface area contributed by atoms with Gasteiger partial charge in [0.15, 0.2) is 0 Å². The highest BCUT2D eigenvalue weighted by Gasteiger charge is 2.16. The topological polar surface area (TPSA) is 41.0 Å². The van der Waals surface area contributed by atoms with Gasteiger partial charge in [0.05, 0.1) is 0 Å². The molecule has 4 rings (SSSR count). The Hall–Kier alpha value is -2.88. The molecule has 0 radical (unpaired) electrons. The second kappa shape index (κ2) is 6.93. The summed E-state index contributed by atoms with van der Waals surface area (Å²) in [4.78, 5) is 11.5. The molecule has 0 fully saturated rings. The number of hydrogen-bond donors (Lipinski definition) is 1. The number of fused-ring (bicyclic) bond motifs is 1. The zero-order chi connectivity index (χ0) is 17.1. The van der Waals surface area contributed by atoms with Gasteiger partial charge in [0.1, 0.15) is 11.6 Å². The van der Waals surface area contributed by atoms with Gasteiger partial charge in [-0.25, -0.2) is 9.97 Å². The molecule has 0 atom stereocenters. The predicted molar refractivity (Wildman–Crippen MR) is 102 cm³/mol. The van der Waals surface area contributed by atoms with E-state index in [1.807, 2.05) is 31.3 Å². The number of aromatic nitrogens is 2. The van der Waals surface area contributed by atoms with Crippen molar-refractivity contribution in [3.8, 4) is 0 Å². The molecule has 0 spiro atoms. The van der Waals surface area contributed by atoms with Gasteiger partial charge in [0, 0.05) is 31.5 Å². The van der Waals surface area contributed by atoms with E-state index in [0.29, 0.717) is 0 Å². The molecule has 3 heterocycles. The van der Waals surface area contributed by atoms with Crippen molar-refractivity contribution < 1.29 is 0 Å². The number of nitrogens with zero attached hydrogens (tertiary/aromatic N) is 3. The minimum absolute atomic E-state index is 0.729. The second-order valence-electron chi connectivity index (χ2n) is 6.48. The Morgan fingerprint density at radius 3 is 2.68 bits per heavy atom. The summed E-state index contributed by atoms with van der Waals surface area (Å²) >= 11 is 0. The van der Waals surface area contributed by atoms with Crippen LogP contribution in [0.25, 0.3) is 0 Å². The fraction of sp³-hybridized carbons (Fsp3) is 0.238. The number of hydrogen-bond acceptors (Lipinski definition) is 4. The van der Waals surface area contributed by atoms with Crippen LogP contribution < -0.4 is 10.2 Å². The van der Waals surface area contributed by atoms with Crippen LogP contribution in [0.2, 0.25) is 0 Å². The van der Waals surface area contributed by atoms with E-state index in [4.69, 9.17) is 0 Å². The summed E-state index contributed by atoms with van der Waals surface area (Å²) in [6, 6.07) is 18.9. The van der Waals surface area contributed by atoms with Gasteiger partial charge in [0.25, 0.3) is 0 Å². The van der Waals surface area contributed by atoms with E-state index >= 15 is 0 Å². The minimum Gasteiger partial charge on any atom is -0.366 e. The summed E-state index contributed by atoms with van der Waals surface area (Å²) in [7, 11) is 0. The first-order chi connectivity index (χ1) is 12.3. The van der Waals surface area contributed by atoms with Crippen molar-refractivity contribution >= 4 is 11.6 Å². The highest BCUT2D eigenvalue weighted by Crippen LogP contribution is 2.23. The maximum Gasteiger partial charge on any atom is 0.128 e. The third kappa shape index (κ3) is 3.63. The molecule has 25 heavy (non-hydrogen) atoms. The smallest absolute Gasteiger partial charge is 0.128 e. The first kappa shape index (κ1) is 15.6. The highest BCUT2D eigenvalue weighted by molar-refractivity contribution is 5.45. The molecule has 1 aliphatic heterocycles. The van der Waals surface area contributed by atoms with Gasteiger partial charge in [-0.2, -0.15) is 0 Å². The number of pyridine rings is 2. The van der Waals surface area contributed by atoms with Crippen molar-refractivity contribution in [3.05, 3.63) is 83.2 Å². The normalized spacial score (nSPS) is 13.4. The molecule has 1 aliphatic rings. The molecular formula is C21H22N4. The molecular weight excluding hydrogens is 308 g/mol. The molecule has 1 N–H and O–H groups in total. The lowest BCUT2D eigenvalue weighted by molar-refractivity contribution is 0.720. The first-order valence-corrected chi connectivity index (χ1v) is 8.72. The van der Waals surface area contributed by atoms with Crippen LogP contribution in [0.4, 0.5) is 11.6 Å². The van der Waals surface area contributed by atoms with E-state index in [9.17, 15) is 0 Å². The minimum atomic E-state index is 0.729. The lowest BCUT2D eigenvalue weighted by atomic mass is 10.00. The molecule has 0 saturated carbocycles. The Balaban J connectivity index is 1.40. The summed E-state index contributed by atoms with van der Waals surface area (Å²) in [5, 5.41) is 3.35. The number of nitrogens with one attached hydrogen (secondary N) is 1. The van der Waals surface area contributed by atoms with E-state index in [1.165, 1.54) is 11.1 Å². The van der Waals surface area contributed by atoms with E-state index in [-0.39, 0.29) is 0 Å². The van der Waals surface area contributed by atoms with Crippen molar-refractivity contribution in [1.82, 2.24) is 9.97 Å². The molecule has 0 unspecified atom stereocenters. The number of anilines is 2. The molecule has 1 aromatic carbocycles. The summed E-state index contributed by atoms with van der Waals surface area (Å²) < 4.78 is 0. The summed E-state index contributed by atoms with van der Waals surface area (Å²) in [6.45, 7) is 4.69. The van der Waals surface area contributed by atoms with Crippen molar-refractivity contribution in [1.29, 1.82) is 0 Å². The quantitative estimate of drug-likeness (QED) is 0.786. The summed E-state index contributed by atoms with van der Waals surface area (Å²) in [5.41, 5.74) is 5.05. The maximum atomic E-state index is 4.67. The Bertz CT molecular complexity index is 858. The van der Waals surface area contributed by atoms with E-state index in [0.717, 1.165) is 48.9 Å². The molecule has 4 nitrogen and oxygen atoms in total. The Labute approximate surface area is 148 Å². The molecule has 0 bridgehead atoms. The van der Waals surface area contributed by atoms with Crippen LogP contribution in [-0.4, -0.2) is 16.5 Å². The van der Waals surface area contributed by atoms with Gasteiger partial charge < -0.3 is 10.2 Å². The van der Waals surface area contributed by atoms with Crippen molar-refractivity contribution in [2.45, 2.75) is 26.4 Å². The highest BCUT2D eigenvalue weighted by atomic mass is 15.2. The van der Waals surface area contributed by atoms with Crippen LogP contribution >= 0.6 is 0 Å². The zero-order valence-corrected chi connectivity index (χ0v) is 14.4. The van der Waals surface area contributed by atoms with Crippen molar-refractivity contribution in [2.75, 3.05) is 16.8 Å². The second-order valence-corrected chi connectivity index (χ2v) is 6.48. The van der Waals surface area contributed by atoms with Gasteiger partial charge in [-0.3, -0.25) is 0 Å². The lowest BCUT2D eigenvalue weighted by Gasteiger charge is -2.29. The fourth-order valence-electron chi connectivity index (χ4n) is 3.23. The van der Waals surface area contributed by atoms with Gasteiger partial charge >= 0.3 is 0 Å². The number of aryl methyl sites for hydroxylation is 1. The Morgan fingerprint density at radius 1 is 1.00 bits per heavy atom. The third-order valence-corrected chi connectivity index (χ3v) is 4.63. The van der Waals surface area contributed by atoms with Crippen LogP contribution in [0.3, 0.4) is 0 Å². The van der Waals surface area contributed by atoms with E-state index in [1.54, 1.807) is 0 Å². The fourth-order valence-corrected chi connectivity index (χ4v) is 3.23. The monoisotopic (exact) mass is 330 g/mol. The van der Waals surface area contributed by atoms with Crippen LogP contribution in [0.1, 0.15) is 22.4 Å². The largest absolute Gasteiger partial charge is 0.366 e. The molecule has 126 valence electrons.